The highest BCUT2D eigenvalue weighted by molar-refractivity contribution is 9.10. The molecule has 3 rings (SSSR count). The Morgan fingerprint density at radius 3 is 2.72 bits per heavy atom. The molecule has 0 atom stereocenters. The van der Waals surface area contributed by atoms with Gasteiger partial charge in [-0.3, -0.25) is 10.1 Å². The van der Waals surface area contributed by atoms with Crippen molar-refractivity contribution in [3.8, 4) is 17.3 Å². The molecule has 1 aromatic heterocycles. The lowest BCUT2D eigenvalue weighted by Gasteiger charge is -2.01. The molecule has 0 saturated heterocycles. The molecule has 0 aliphatic carbocycles. The summed E-state index contributed by atoms with van der Waals surface area (Å²) >= 11 is 4.75. The van der Waals surface area contributed by atoms with Gasteiger partial charge in [0.2, 0.25) is 0 Å². The number of benzene rings is 2. The van der Waals surface area contributed by atoms with Gasteiger partial charge in [-0.1, -0.05) is 58.4 Å². The Balaban J connectivity index is 1.77. The van der Waals surface area contributed by atoms with E-state index in [9.17, 15) is 10.1 Å². The number of nitrogens with zero attached hydrogens (tertiary/aromatic N) is 2. The average molecular weight is 410 g/mol. The zero-order valence-electron chi connectivity index (χ0n) is 12.9. The van der Waals surface area contributed by atoms with Crippen molar-refractivity contribution >= 4 is 44.4 Å². The smallest absolute Gasteiger partial charge is 0.268 e. The summed E-state index contributed by atoms with van der Waals surface area (Å²) < 4.78 is 0.959. The first-order chi connectivity index (χ1) is 12.2. The summed E-state index contributed by atoms with van der Waals surface area (Å²) in [6.45, 7) is 0. The number of nitriles is 1. The summed E-state index contributed by atoms with van der Waals surface area (Å²) in [6, 6.07) is 18.9. The van der Waals surface area contributed by atoms with E-state index in [4.69, 9.17) is 0 Å². The van der Waals surface area contributed by atoms with Gasteiger partial charge in [-0.05, 0) is 23.8 Å². The molecule has 1 amide bonds. The zero-order chi connectivity index (χ0) is 17.6. The van der Waals surface area contributed by atoms with Crippen LogP contribution < -0.4 is 5.32 Å². The highest BCUT2D eigenvalue weighted by atomic mass is 79.9. The first-order valence-corrected chi connectivity index (χ1v) is 9.02. The second-order valence-electron chi connectivity index (χ2n) is 5.08. The molecular formula is C19H12BrN3OS. The number of nitrogens with one attached hydrogen (secondary N) is 1. The van der Waals surface area contributed by atoms with Crippen LogP contribution in [0.5, 0.6) is 0 Å². The van der Waals surface area contributed by atoms with E-state index in [1.54, 1.807) is 6.08 Å². The van der Waals surface area contributed by atoms with Crippen molar-refractivity contribution in [2.45, 2.75) is 0 Å². The Bertz CT molecular complexity index is 974. The van der Waals surface area contributed by atoms with Gasteiger partial charge in [0.25, 0.3) is 5.91 Å². The van der Waals surface area contributed by atoms with Crippen LogP contribution in [0.25, 0.3) is 17.3 Å². The SMILES string of the molecule is N#C/C(=C/c1ccccc1)C(=O)Nc1nc(-c2cccc(Br)c2)cs1. The maximum Gasteiger partial charge on any atom is 0.268 e. The molecule has 0 radical (unpaired) electrons. The van der Waals surface area contributed by atoms with Crippen LogP contribution in [0.1, 0.15) is 5.56 Å². The number of carbonyl (C=O) groups excluding carboxylic acids is 1. The summed E-state index contributed by atoms with van der Waals surface area (Å²) in [5.74, 6) is -0.471. The second kappa shape index (κ2) is 7.88. The maximum atomic E-state index is 12.3. The number of hydrogen-bond acceptors (Lipinski definition) is 4. The molecular weight excluding hydrogens is 398 g/mol. The first-order valence-electron chi connectivity index (χ1n) is 7.35. The van der Waals surface area contributed by atoms with Gasteiger partial charge in [-0.2, -0.15) is 5.26 Å². The van der Waals surface area contributed by atoms with Crippen molar-refractivity contribution in [2.75, 3.05) is 5.32 Å². The van der Waals surface area contributed by atoms with Crippen LogP contribution in [0.3, 0.4) is 0 Å². The van der Waals surface area contributed by atoms with Crippen molar-refractivity contribution in [3.63, 3.8) is 0 Å². The monoisotopic (exact) mass is 409 g/mol. The number of carbonyl (C=O) groups is 1. The standard InChI is InChI=1S/C19H12BrN3OS/c20-16-8-4-7-14(10-16)17-12-25-19(22-17)23-18(24)15(11-21)9-13-5-2-1-3-6-13/h1-10,12H,(H,22,23,24)/b15-9-. The second-order valence-corrected chi connectivity index (χ2v) is 6.86. The fourth-order valence-electron chi connectivity index (χ4n) is 2.14. The van der Waals surface area contributed by atoms with E-state index in [0.717, 1.165) is 21.3 Å². The van der Waals surface area contributed by atoms with Gasteiger partial charge < -0.3 is 0 Å². The van der Waals surface area contributed by atoms with Gasteiger partial charge in [0.15, 0.2) is 5.13 Å². The fraction of sp³-hybridized carbons (Fsp3) is 0. The maximum absolute atomic E-state index is 12.3. The van der Waals surface area contributed by atoms with Gasteiger partial charge in [0, 0.05) is 15.4 Å². The molecule has 0 saturated carbocycles. The van der Waals surface area contributed by atoms with Crippen LogP contribution >= 0.6 is 27.3 Å². The van der Waals surface area contributed by atoms with E-state index in [2.05, 4.69) is 26.2 Å². The van der Waals surface area contributed by atoms with Gasteiger partial charge >= 0.3 is 0 Å². The van der Waals surface area contributed by atoms with Crippen LogP contribution in [-0.4, -0.2) is 10.9 Å². The summed E-state index contributed by atoms with van der Waals surface area (Å²) in [4.78, 5) is 16.7. The zero-order valence-corrected chi connectivity index (χ0v) is 15.3. The summed E-state index contributed by atoms with van der Waals surface area (Å²) in [5, 5.41) is 14.3. The van der Waals surface area contributed by atoms with Crippen LogP contribution in [-0.2, 0) is 4.79 Å². The lowest BCUT2D eigenvalue weighted by Crippen LogP contribution is -2.13. The fourth-order valence-corrected chi connectivity index (χ4v) is 3.25. The molecule has 6 heteroatoms. The molecule has 3 aromatic rings. The summed E-state index contributed by atoms with van der Waals surface area (Å²) in [7, 11) is 0. The molecule has 122 valence electrons. The predicted molar refractivity (Wildman–Crippen MR) is 104 cm³/mol. The molecule has 4 nitrogen and oxygen atoms in total. The molecule has 1 heterocycles. The Morgan fingerprint density at radius 2 is 2.00 bits per heavy atom. The van der Waals surface area contributed by atoms with E-state index in [-0.39, 0.29) is 5.57 Å². The minimum atomic E-state index is -0.471. The van der Waals surface area contributed by atoms with Crippen molar-refractivity contribution in [1.82, 2.24) is 4.98 Å². The number of anilines is 1. The molecule has 0 aliphatic rings. The normalized spacial score (nSPS) is 11.0. The molecule has 0 bridgehead atoms. The first kappa shape index (κ1) is 17.1. The minimum absolute atomic E-state index is 0.0328. The molecule has 1 N–H and O–H groups in total. The third-order valence-corrected chi connectivity index (χ3v) is 4.57. The van der Waals surface area contributed by atoms with Crippen molar-refractivity contribution in [2.24, 2.45) is 0 Å². The number of halogens is 1. The molecule has 0 spiro atoms. The molecule has 25 heavy (non-hydrogen) atoms. The lowest BCUT2D eigenvalue weighted by atomic mass is 10.1. The quantitative estimate of drug-likeness (QED) is 0.480. The Kier molecular flexibility index (Phi) is 5.39. The van der Waals surface area contributed by atoms with Crippen molar-refractivity contribution < 1.29 is 4.79 Å². The van der Waals surface area contributed by atoms with E-state index < -0.39 is 5.91 Å². The molecule has 0 fully saturated rings. The number of thiazole rings is 1. The van der Waals surface area contributed by atoms with Crippen molar-refractivity contribution in [1.29, 1.82) is 5.26 Å². The third kappa shape index (κ3) is 4.41. The highest BCUT2D eigenvalue weighted by Crippen LogP contribution is 2.27. The largest absolute Gasteiger partial charge is 0.297 e. The van der Waals surface area contributed by atoms with Crippen LogP contribution in [0.4, 0.5) is 5.13 Å². The Labute approximate surface area is 157 Å². The number of aromatic nitrogens is 1. The van der Waals surface area contributed by atoms with E-state index in [0.29, 0.717) is 5.13 Å². The van der Waals surface area contributed by atoms with Gasteiger partial charge in [-0.15, -0.1) is 11.3 Å². The van der Waals surface area contributed by atoms with E-state index in [1.807, 2.05) is 66.0 Å². The summed E-state index contributed by atoms with van der Waals surface area (Å²) in [6.07, 6.45) is 1.55. The van der Waals surface area contributed by atoms with Gasteiger partial charge in [0.1, 0.15) is 11.6 Å². The molecule has 0 aliphatic heterocycles. The van der Waals surface area contributed by atoms with Gasteiger partial charge in [0.05, 0.1) is 5.69 Å². The minimum Gasteiger partial charge on any atom is -0.297 e. The Hall–Kier alpha value is -2.75. The van der Waals surface area contributed by atoms with Crippen LogP contribution in [0, 0.1) is 11.3 Å². The Morgan fingerprint density at radius 1 is 1.20 bits per heavy atom. The predicted octanol–water partition coefficient (Wildman–Crippen LogP) is 5.12. The van der Waals surface area contributed by atoms with Crippen molar-refractivity contribution in [3.05, 3.63) is 75.6 Å². The topological polar surface area (TPSA) is 65.8 Å². The third-order valence-electron chi connectivity index (χ3n) is 3.32. The van der Waals surface area contributed by atoms with E-state index >= 15 is 0 Å². The number of amides is 1. The van der Waals surface area contributed by atoms with Crippen LogP contribution in [0.2, 0.25) is 0 Å². The molecule has 2 aromatic carbocycles. The van der Waals surface area contributed by atoms with E-state index in [1.165, 1.54) is 11.3 Å². The lowest BCUT2D eigenvalue weighted by molar-refractivity contribution is -0.112. The average Bonchev–Trinajstić information content (AvgIpc) is 3.09. The highest BCUT2D eigenvalue weighted by Gasteiger charge is 2.12. The summed E-state index contributed by atoms with van der Waals surface area (Å²) in [5.41, 5.74) is 2.55. The number of hydrogen-bond donors (Lipinski definition) is 1. The molecule has 0 unspecified atom stereocenters. The van der Waals surface area contributed by atoms with Crippen LogP contribution in [0.15, 0.2) is 70.0 Å². The number of rotatable bonds is 4. The van der Waals surface area contributed by atoms with Gasteiger partial charge in [-0.25, -0.2) is 4.98 Å².